The third-order valence-electron chi connectivity index (χ3n) is 1.99. The van der Waals surface area contributed by atoms with E-state index >= 15 is 0 Å². The summed E-state index contributed by atoms with van der Waals surface area (Å²) >= 11 is 0. The summed E-state index contributed by atoms with van der Waals surface area (Å²) in [5, 5.41) is 1.05. The number of fused-ring (bicyclic) bond motifs is 1. The predicted molar refractivity (Wildman–Crippen MR) is 55.0 cm³/mol. The molecule has 0 saturated heterocycles. The zero-order valence-corrected chi connectivity index (χ0v) is 7.20. The third kappa shape index (κ3) is 1.26. The van der Waals surface area contributed by atoms with Crippen molar-refractivity contribution in [2.75, 3.05) is 0 Å². The molecule has 2 heteroatoms. The maximum Gasteiger partial charge on any atom is 0.0708 e. The summed E-state index contributed by atoms with van der Waals surface area (Å²) in [7, 11) is 0. The summed E-state index contributed by atoms with van der Waals surface area (Å²) < 4.78 is 0. The molecule has 0 aliphatic rings. The lowest BCUT2D eigenvalue weighted by atomic mass is 10.1. The first-order valence-corrected chi connectivity index (χ1v) is 4.07. The average Bonchev–Trinajstić information content (AvgIpc) is 2.17. The molecule has 1 aromatic heterocycles. The monoisotopic (exact) mass is 170 g/mol. The molecule has 0 aliphatic heterocycles. The number of nitrogens with two attached hydrogens (primary N) is 1. The van der Waals surface area contributed by atoms with E-state index in [0.29, 0.717) is 5.70 Å². The summed E-state index contributed by atoms with van der Waals surface area (Å²) in [6.45, 7) is 3.73. The van der Waals surface area contributed by atoms with Crippen molar-refractivity contribution in [3.8, 4) is 0 Å². The number of benzene rings is 1. The first-order chi connectivity index (χ1) is 6.29. The van der Waals surface area contributed by atoms with Gasteiger partial charge in [0.25, 0.3) is 0 Å². The van der Waals surface area contributed by atoms with E-state index in [0.717, 1.165) is 16.5 Å². The maximum atomic E-state index is 5.66. The second-order valence-corrected chi connectivity index (χ2v) is 2.90. The molecular formula is C11H10N2. The van der Waals surface area contributed by atoms with Gasteiger partial charge in [-0.05, 0) is 12.1 Å². The first-order valence-electron chi connectivity index (χ1n) is 4.07. The molecule has 0 radical (unpaired) electrons. The fraction of sp³-hybridized carbons (Fsp3) is 0. The SMILES string of the molecule is C=C(N)c1cccc2ncccc12. The quantitative estimate of drug-likeness (QED) is 0.712. The minimum Gasteiger partial charge on any atom is -0.399 e. The van der Waals surface area contributed by atoms with Crippen molar-refractivity contribution in [1.82, 2.24) is 4.98 Å². The molecule has 0 amide bonds. The Morgan fingerprint density at radius 3 is 2.85 bits per heavy atom. The van der Waals surface area contributed by atoms with Crippen molar-refractivity contribution < 1.29 is 0 Å². The number of nitrogens with zero attached hydrogens (tertiary/aromatic N) is 1. The van der Waals surface area contributed by atoms with Gasteiger partial charge in [-0.15, -0.1) is 0 Å². The van der Waals surface area contributed by atoms with Crippen LogP contribution in [0.1, 0.15) is 5.56 Å². The Hall–Kier alpha value is -1.83. The molecule has 13 heavy (non-hydrogen) atoms. The van der Waals surface area contributed by atoms with Gasteiger partial charge in [-0.3, -0.25) is 4.98 Å². The number of pyridine rings is 1. The van der Waals surface area contributed by atoms with Crippen molar-refractivity contribution >= 4 is 16.6 Å². The largest absolute Gasteiger partial charge is 0.399 e. The fourth-order valence-corrected chi connectivity index (χ4v) is 1.38. The van der Waals surface area contributed by atoms with Crippen LogP contribution in [0.2, 0.25) is 0 Å². The van der Waals surface area contributed by atoms with Crippen molar-refractivity contribution in [3.63, 3.8) is 0 Å². The highest BCUT2D eigenvalue weighted by Crippen LogP contribution is 2.19. The standard InChI is InChI=1S/C11H10N2/c1-8(12)9-4-2-6-11-10(9)5-3-7-13-11/h2-7H,1,12H2. The summed E-state index contributed by atoms with van der Waals surface area (Å²) in [6, 6.07) is 9.74. The summed E-state index contributed by atoms with van der Waals surface area (Å²) in [5.74, 6) is 0. The van der Waals surface area contributed by atoms with Crippen LogP contribution in [0.3, 0.4) is 0 Å². The van der Waals surface area contributed by atoms with E-state index in [1.165, 1.54) is 0 Å². The molecule has 0 bridgehead atoms. The van der Waals surface area contributed by atoms with Crippen LogP contribution in [0.5, 0.6) is 0 Å². The van der Waals surface area contributed by atoms with Crippen molar-refractivity contribution in [2.45, 2.75) is 0 Å². The molecule has 64 valence electrons. The van der Waals surface area contributed by atoms with Crippen LogP contribution in [0.15, 0.2) is 43.1 Å². The van der Waals surface area contributed by atoms with E-state index in [-0.39, 0.29) is 0 Å². The Balaban J connectivity index is 2.83. The molecule has 0 saturated carbocycles. The van der Waals surface area contributed by atoms with Gasteiger partial charge in [0.2, 0.25) is 0 Å². The van der Waals surface area contributed by atoms with Crippen LogP contribution in [-0.4, -0.2) is 4.98 Å². The topological polar surface area (TPSA) is 38.9 Å². The van der Waals surface area contributed by atoms with Gasteiger partial charge in [-0.2, -0.15) is 0 Å². The normalized spacial score (nSPS) is 10.2. The molecule has 2 rings (SSSR count). The Morgan fingerprint density at radius 1 is 1.23 bits per heavy atom. The van der Waals surface area contributed by atoms with Gasteiger partial charge in [-0.25, -0.2) is 0 Å². The molecule has 2 N–H and O–H groups in total. The minimum absolute atomic E-state index is 0.582. The lowest BCUT2D eigenvalue weighted by molar-refractivity contribution is 1.40. The van der Waals surface area contributed by atoms with E-state index in [1.54, 1.807) is 6.20 Å². The molecule has 0 spiro atoms. The smallest absolute Gasteiger partial charge is 0.0708 e. The highest BCUT2D eigenvalue weighted by atomic mass is 14.6. The van der Waals surface area contributed by atoms with Crippen molar-refractivity contribution in [1.29, 1.82) is 0 Å². The highest BCUT2D eigenvalue weighted by molar-refractivity contribution is 5.90. The number of rotatable bonds is 1. The van der Waals surface area contributed by atoms with Gasteiger partial charge in [0, 0.05) is 22.8 Å². The lowest BCUT2D eigenvalue weighted by Crippen LogP contribution is -1.95. The van der Waals surface area contributed by atoms with Crippen molar-refractivity contribution in [3.05, 3.63) is 48.7 Å². The number of hydrogen-bond donors (Lipinski definition) is 1. The highest BCUT2D eigenvalue weighted by Gasteiger charge is 2.00. The molecule has 1 aromatic carbocycles. The van der Waals surface area contributed by atoms with E-state index in [2.05, 4.69) is 11.6 Å². The van der Waals surface area contributed by atoms with Crippen LogP contribution in [0, 0.1) is 0 Å². The molecular weight excluding hydrogens is 160 g/mol. The second-order valence-electron chi connectivity index (χ2n) is 2.90. The van der Waals surface area contributed by atoms with Crippen LogP contribution in [-0.2, 0) is 0 Å². The average molecular weight is 170 g/mol. The maximum absolute atomic E-state index is 5.66. The number of hydrogen-bond acceptors (Lipinski definition) is 2. The first kappa shape index (κ1) is 7.80. The van der Waals surface area contributed by atoms with Crippen LogP contribution in [0.4, 0.5) is 0 Å². The zero-order chi connectivity index (χ0) is 9.26. The van der Waals surface area contributed by atoms with Crippen LogP contribution < -0.4 is 5.73 Å². The van der Waals surface area contributed by atoms with E-state index < -0.39 is 0 Å². The molecule has 1 heterocycles. The second kappa shape index (κ2) is 2.90. The fourth-order valence-electron chi connectivity index (χ4n) is 1.38. The molecule has 2 nitrogen and oxygen atoms in total. The molecule has 0 unspecified atom stereocenters. The Morgan fingerprint density at radius 2 is 2.08 bits per heavy atom. The third-order valence-corrected chi connectivity index (χ3v) is 1.99. The van der Waals surface area contributed by atoms with Crippen LogP contribution >= 0.6 is 0 Å². The summed E-state index contributed by atoms with van der Waals surface area (Å²) in [4.78, 5) is 4.23. The van der Waals surface area contributed by atoms with E-state index in [9.17, 15) is 0 Å². The molecule has 2 aromatic rings. The van der Waals surface area contributed by atoms with Gasteiger partial charge >= 0.3 is 0 Å². The lowest BCUT2D eigenvalue weighted by Gasteiger charge is -2.03. The Kier molecular flexibility index (Phi) is 1.74. The zero-order valence-electron chi connectivity index (χ0n) is 7.20. The van der Waals surface area contributed by atoms with Gasteiger partial charge in [0.15, 0.2) is 0 Å². The molecule has 0 aliphatic carbocycles. The Bertz CT molecular complexity index is 455. The van der Waals surface area contributed by atoms with Crippen LogP contribution in [0.25, 0.3) is 16.6 Å². The molecule has 0 fully saturated rings. The molecule has 0 atom stereocenters. The van der Waals surface area contributed by atoms with Crippen molar-refractivity contribution in [2.24, 2.45) is 5.73 Å². The van der Waals surface area contributed by atoms with Gasteiger partial charge in [0.05, 0.1) is 5.52 Å². The Labute approximate surface area is 76.7 Å². The van der Waals surface area contributed by atoms with E-state index in [1.807, 2.05) is 30.3 Å². The van der Waals surface area contributed by atoms with Gasteiger partial charge < -0.3 is 5.73 Å². The number of aromatic nitrogens is 1. The predicted octanol–water partition coefficient (Wildman–Crippen LogP) is 2.16. The summed E-state index contributed by atoms with van der Waals surface area (Å²) in [5.41, 5.74) is 8.15. The minimum atomic E-state index is 0.582. The summed E-state index contributed by atoms with van der Waals surface area (Å²) in [6.07, 6.45) is 1.77. The van der Waals surface area contributed by atoms with Gasteiger partial charge in [0.1, 0.15) is 0 Å². The van der Waals surface area contributed by atoms with Gasteiger partial charge in [-0.1, -0.05) is 24.8 Å². The van der Waals surface area contributed by atoms with E-state index in [4.69, 9.17) is 5.73 Å².